The van der Waals surface area contributed by atoms with Crippen LogP contribution in [0.25, 0.3) is 0 Å². The monoisotopic (exact) mass is 732 g/mol. The molecule has 3 N–H and O–H groups in total. The van der Waals surface area contributed by atoms with Crippen LogP contribution in [0.2, 0.25) is 0 Å². The molecule has 298 valence electrons. The van der Waals surface area contributed by atoms with Crippen molar-refractivity contribution in [1.82, 2.24) is 5.32 Å². The van der Waals surface area contributed by atoms with Gasteiger partial charge in [0.1, 0.15) is 13.2 Å². The molecule has 0 fully saturated rings. The first-order valence-electron chi connectivity index (χ1n) is 21.1. The molecule has 0 aliphatic heterocycles. The summed E-state index contributed by atoms with van der Waals surface area (Å²) in [6.45, 7) is 4.86. The van der Waals surface area contributed by atoms with E-state index < -0.39 is 20.0 Å². The summed E-state index contributed by atoms with van der Waals surface area (Å²) in [6.07, 6.45) is 36.6. The average molecular weight is 732 g/mol. The molecule has 1 amide bonds. The van der Waals surface area contributed by atoms with Crippen molar-refractivity contribution in [2.45, 2.75) is 206 Å². The number of nitrogens with zero attached hydrogens (tertiary/aromatic N) is 1. The molecule has 0 saturated heterocycles. The Morgan fingerprint density at radius 3 is 1.54 bits per heavy atom. The van der Waals surface area contributed by atoms with Crippen LogP contribution in [0.15, 0.2) is 12.2 Å². The second kappa shape index (κ2) is 34.0. The molecule has 3 atom stereocenters. The third-order valence-corrected chi connectivity index (χ3v) is 10.5. The highest BCUT2D eigenvalue weighted by Crippen LogP contribution is 2.43. The number of aliphatic hydroxyl groups is 1. The fraction of sp³-hybridized carbons (Fsp3) is 0.927. The van der Waals surface area contributed by atoms with E-state index in [0.29, 0.717) is 23.9 Å². The quantitative estimate of drug-likeness (QED) is 0.0253. The van der Waals surface area contributed by atoms with E-state index in [1.807, 2.05) is 21.1 Å². The molecule has 0 saturated carbocycles. The Kier molecular flexibility index (Phi) is 33.5. The summed E-state index contributed by atoms with van der Waals surface area (Å²) in [5, 5.41) is 13.9. The van der Waals surface area contributed by atoms with Gasteiger partial charge in [-0.05, 0) is 38.5 Å². The van der Waals surface area contributed by atoms with E-state index in [1.165, 1.54) is 128 Å². The highest BCUT2D eigenvalue weighted by Gasteiger charge is 2.28. The van der Waals surface area contributed by atoms with Crippen molar-refractivity contribution in [2.75, 3.05) is 40.9 Å². The van der Waals surface area contributed by atoms with Gasteiger partial charge < -0.3 is 19.8 Å². The molecule has 0 aliphatic rings. The van der Waals surface area contributed by atoms with Gasteiger partial charge in [-0.3, -0.25) is 13.8 Å². The Bertz CT molecular complexity index is 834. The number of phosphoric ester groups is 1. The van der Waals surface area contributed by atoms with E-state index in [1.54, 1.807) is 0 Å². The van der Waals surface area contributed by atoms with E-state index in [4.69, 9.17) is 9.05 Å². The van der Waals surface area contributed by atoms with Crippen molar-refractivity contribution >= 4 is 13.7 Å². The van der Waals surface area contributed by atoms with Gasteiger partial charge in [0.05, 0.1) is 39.9 Å². The summed E-state index contributed by atoms with van der Waals surface area (Å²) in [4.78, 5) is 23.0. The normalized spacial score (nSPS) is 14.6. The molecular weight excluding hydrogens is 647 g/mol. The Balaban J connectivity index is 4.33. The Labute approximate surface area is 310 Å². The fourth-order valence-electron chi connectivity index (χ4n) is 6.10. The van der Waals surface area contributed by atoms with Crippen molar-refractivity contribution in [2.24, 2.45) is 0 Å². The first kappa shape index (κ1) is 49.2. The summed E-state index contributed by atoms with van der Waals surface area (Å²) >= 11 is 0. The number of unbranched alkanes of at least 4 members (excludes halogenated alkanes) is 23. The van der Waals surface area contributed by atoms with Crippen molar-refractivity contribution in [3.05, 3.63) is 12.2 Å². The van der Waals surface area contributed by atoms with Crippen LogP contribution in [0, 0.1) is 0 Å². The first-order valence-corrected chi connectivity index (χ1v) is 22.5. The van der Waals surface area contributed by atoms with Crippen molar-refractivity contribution in [3.8, 4) is 0 Å². The molecular formula is C41H84N2O6P+. The van der Waals surface area contributed by atoms with Crippen molar-refractivity contribution < 1.29 is 32.9 Å². The molecule has 0 aromatic rings. The number of carbonyl (C=O) groups excluding carboxylic acids is 1. The van der Waals surface area contributed by atoms with Crippen LogP contribution in [0.4, 0.5) is 0 Å². The third kappa shape index (κ3) is 35.6. The van der Waals surface area contributed by atoms with Crippen molar-refractivity contribution in [1.29, 1.82) is 0 Å². The average Bonchev–Trinajstić information content (AvgIpc) is 3.06. The number of quaternary nitrogens is 1. The fourth-order valence-corrected chi connectivity index (χ4v) is 6.83. The van der Waals surface area contributed by atoms with Crippen LogP contribution in [0.5, 0.6) is 0 Å². The molecule has 0 aromatic carbocycles. The Morgan fingerprint density at radius 2 is 1.08 bits per heavy atom. The van der Waals surface area contributed by atoms with Gasteiger partial charge in [-0.15, -0.1) is 0 Å². The third-order valence-electron chi connectivity index (χ3n) is 9.51. The number of aliphatic hydroxyl groups excluding tert-OH is 1. The molecule has 0 aromatic heterocycles. The summed E-state index contributed by atoms with van der Waals surface area (Å²) in [6, 6.07) is -0.756. The lowest BCUT2D eigenvalue weighted by molar-refractivity contribution is -0.870. The smallest absolute Gasteiger partial charge is 0.391 e. The predicted molar refractivity (Wildman–Crippen MR) is 212 cm³/mol. The van der Waals surface area contributed by atoms with Crippen LogP contribution in [-0.4, -0.2) is 73.4 Å². The maximum absolute atomic E-state index is 12.8. The lowest BCUT2D eigenvalue weighted by atomic mass is 10.0. The number of amides is 1. The molecule has 8 nitrogen and oxygen atoms in total. The van der Waals surface area contributed by atoms with E-state index in [2.05, 4.69) is 31.3 Å². The molecule has 0 rings (SSSR count). The number of allylic oxidation sites excluding steroid dienone is 2. The number of nitrogens with one attached hydrogen (secondary N) is 1. The van der Waals surface area contributed by atoms with Crippen LogP contribution in [0.1, 0.15) is 194 Å². The predicted octanol–water partition coefficient (Wildman–Crippen LogP) is 11.2. The highest BCUT2D eigenvalue weighted by atomic mass is 31.2. The minimum Gasteiger partial charge on any atom is -0.391 e. The molecule has 3 unspecified atom stereocenters. The summed E-state index contributed by atoms with van der Waals surface area (Å²) in [5.41, 5.74) is 0. The number of phosphoric acid groups is 1. The lowest BCUT2D eigenvalue weighted by Gasteiger charge is -2.26. The zero-order chi connectivity index (χ0) is 37.2. The van der Waals surface area contributed by atoms with E-state index >= 15 is 0 Å². The minimum atomic E-state index is -4.30. The van der Waals surface area contributed by atoms with Gasteiger partial charge in [0.2, 0.25) is 5.91 Å². The van der Waals surface area contributed by atoms with Gasteiger partial charge in [0.25, 0.3) is 0 Å². The number of hydrogen-bond acceptors (Lipinski definition) is 5. The largest absolute Gasteiger partial charge is 0.472 e. The molecule has 0 spiro atoms. The molecule has 0 radical (unpaired) electrons. The standard InChI is InChI=1S/C41H83N2O6P/c1-6-8-10-12-14-16-18-19-20-21-22-23-24-25-27-29-31-33-35-41(45)42-39(38-49-50(46,47)48-37-36-43(3,4)5)40(44)34-32-30-28-26-17-15-13-11-9-7-2/h20-21,39-40,44H,6-19,22-38H2,1-5H3,(H-,42,45,46,47)/p+1/b21-20-. The minimum absolute atomic E-state index is 0.0753. The van der Waals surface area contributed by atoms with Gasteiger partial charge in [0.15, 0.2) is 0 Å². The maximum atomic E-state index is 12.8. The Hall–Kier alpha value is -0.760. The SMILES string of the molecule is CCCCCCCCC/C=C\CCCCCCCCCC(=O)NC(COP(=O)(O)OCC[N+](C)(C)C)C(O)CCCCCCCCCCCC. The number of likely N-dealkylation sites (N-methyl/N-ethyl adjacent to an activating group) is 1. The van der Waals surface area contributed by atoms with E-state index in [0.717, 1.165) is 38.5 Å². The molecule has 0 heterocycles. The molecule has 9 heteroatoms. The second-order valence-electron chi connectivity index (χ2n) is 15.7. The van der Waals surface area contributed by atoms with E-state index in [-0.39, 0.29) is 19.1 Å². The zero-order valence-corrected chi connectivity index (χ0v) is 34.5. The van der Waals surface area contributed by atoms with Gasteiger partial charge >= 0.3 is 7.82 Å². The van der Waals surface area contributed by atoms with Gasteiger partial charge in [0, 0.05) is 6.42 Å². The molecule has 0 bridgehead atoms. The molecule has 0 aliphatic carbocycles. The summed E-state index contributed by atoms with van der Waals surface area (Å²) in [7, 11) is 1.61. The first-order chi connectivity index (χ1) is 24.0. The second-order valence-corrected chi connectivity index (χ2v) is 17.2. The van der Waals surface area contributed by atoms with Gasteiger partial charge in [-0.2, -0.15) is 0 Å². The van der Waals surface area contributed by atoms with E-state index in [9.17, 15) is 19.4 Å². The van der Waals surface area contributed by atoms with Crippen LogP contribution in [-0.2, 0) is 18.4 Å². The topological polar surface area (TPSA) is 105 Å². The van der Waals surface area contributed by atoms with Crippen LogP contribution in [0.3, 0.4) is 0 Å². The zero-order valence-electron chi connectivity index (χ0n) is 33.7. The summed E-state index contributed by atoms with van der Waals surface area (Å²) < 4.78 is 23.5. The maximum Gasteiger partial charge on any atom is 0.472 e. The number of rotatable bonds is 38. The van der Waals surface area contributed by atoms with Crippen LogP contribution >= 0.6 is 7.82 Å². The Morgan fingerprint density at radius 1 is 0.660 bits per heavy atom. The molecule has 50 heavy (non-hydrogen) atoms. The van der Waals surface area contributed by atoms with Crippen LogP contribution < -0.4 is 5.32 Å². The highest BCUT2D eigenvalue weighted by molar-refractivity contribution is 7.47. The number of hydrogen-bond donors (Lipinski definition) is 3. The number of carbonyl (C=O) groups is 1. The summed E-state index contributed by atoms with van der Waals surface area (Å²) in [5.74, 6) is -0.150. The van der Waals surface area contributed by atoms with Gasteiger partial charge in [-0.1, -0.05) is 161 Å². The van der Waals surface area contributed by atoms with Gasteiger partial charge in [-0.25, -0.2) is 4.57 Å². The van der Waals surface area contributed by atoms with Crippen molar-refractivity contribution in [3.63, 3.8) is 0 Å². The lowest BCUT2D eigenvalue weighted by Crippen LogP contribution is -2.46.